The molecular weight excluding hydrogens is 292 g/mol. The largest absolute Gasteiger partial charge is 0.471 e. The van der Waals surface area contributed by atoms with Crippen LogP contribution in [0.4, 0.5) is 26.3 Å². The molecule has 0 bridgehead atoms. The topological polar surface area (TPSA) is 64.9 Å². The Labute approximate surface area is 107 Å². The van der Waals surface area contributed by atoms with Crippen LogP contribution in [0.1, 0.15) is 23.3 Å². The second-order valence-electron chi connectivity index (χ2n) is 3.73. The molecule has 108 valence electrons. The molecule has 1 aromatic carbocycles. The average molecular weight is 297 g/mol. The smallest absolute Gasteiger partial charge is 0.329 e. The fourth-order valence-electron chi connectivity index (χ4n) is 1.38. The van der Waals surface area contributed by atoms with E-state index >= 15 is 0 Å². The minimum Gasteiger partial charge on any atom is -0.329 e. The number of rotatable bonds is 2. The molecule has 2 rings (SSSR count). The lowest BCUT2D eigenvalue weighted by molar-refractivity contribution is -0.159. The van der Waals surface area contributed by atoms with Gasteiger partial charge in [-0.15, -0.1) is 0 Å². The van der Waals surface area contributed by atoms with E-state index < -0.39 is 41.4 Å². The van der Waals surface area contributed by atoms with Gasteiger partial charge in [0.15, 0.2) is 23.3 Å². The highest BCUT2D eigenvalue weighted by molar-refractivity contribution is 5.26. The highest BCUT2D eigenvalue weighted by Gasteiger charge is 2.39. The van der Waals surface area contributed by atoms with E-state index in [4.69, 9.17) is 5.73 Å². The first kappa shape index (κ1) is 14.3. The Bertz CT molecular complexity index is 615. The van der Waals surface area contributed by atoms with Crippen molar-refractivity contribution in [3.05, 3.63) is 46.9 Å². The van der Waals surface area contributed by atoms with Gasteiger partial charge in [0.05, 0.1) is 6.04 Å². The van der Waals surface area contributed by atoms with Crippen molar-refractivity contribution in [2.45, 2.75) is 12.2 Å². The molecule has 0 radical (unpaired) electrons. The summed E-state index contributed by atoms with van der Waals surface area (Å²) in [6.45, 7) is 0. The van der Waals surface area contributed by atoms with Crippen LogP contribution in [0.15, 0.2) is 16.7 Å². The van der Waals surface area contributed by atoms with E-state index in [1.54, 1.807) is 0 Å². The normalized spacial score (nSPS) is 13.6. The summed E-state index contributed by atoms with van der Waals surface area (Å²) >= 11 is 0. The average Bonchev–Trinajstić information content (AvgIpc) is 2.83. The van der Waals surface area contributed by atoms with Gasteiger partial charge in [-0.25, -0.2) is 13.2 Å². The van der Waals surface area contributed by atoms with Gasteiger partial charge in [0, 0.05) is 0 Å². The van der Waals surface area contributed by atoms with Crippen LogP contribution in [0.5, 0.6) is 0 Å². The first-order chi connectivity index (χ1) is 9.20. The Balaban J connectivity index is 2.36. The van der Waals surface area contributed by atoms with Crippen LogP contribution in [-0.2, 0) is 6.18 Å². The van der Waals surface area contributed by atoms with Gasteiger partial charge in [-0.1, -0.05) is 5.16 Å². The summed E-state index contributed by atoms with van der Waals surface area (Å²) in [6.07, 6.45) is -4.87. The molecule has 1 aromatic heterocycles. The maximum absolute atomic E-state index is 13.0. The van der Waals surface area contributed by atoms with Crippen LogP contribution in [0.2, 0.25) is 0 Å². The molecule has 0 aliphatic carbocycles. The number of hydrogen-bond acceptors (Lipinski definition) is 4. The van der Waals surface area contributed by atoms with Crippen molar-refractivity contribution < 1.29 is 30.9 Å². The van der Waals surface area contributed by atoms with E-state index in [2.05, 4.69) is 14.7 Å². The molecular formula is C10H5F6N3O. The molecule has 2 N–H and O–H groups in total. The van der Waals surface area contributed by atoms with Gasteiger partial charge in [-0.2, -0.15) is 18.2 Å². The van der Waals surface area contributed by atoms with Crippen molar-refractivity contribution in [2.24, 2.45) is 5.73 Å². The van der Waals surface area contributed by atoms with Crippen LogP contribution in [0.3, 0.4) is 0 Å². The quantitative estimate of drug-likeness (QED) is 0.683. The Morgan fingerprint density at radius 3 is 2.10 bits per heavy atom. The van der Waals surface area contributed by atoms with Crippen molar-refractivity contribution in [1.82, 2.24) is 10.1 Å². The monoisotopic (exact) mass is 297 g/mol. The van der Waals surface area contributed by atoms with Crippen molar-refractivity contribution in [3.8, 4) is 0 Å². The highest BCUT2D eigenvalue weighted by atomic mass is 19.4. The predicted molar refractivity (Wildman–Crippen MR) is 51.6 cm³/mol. The number of benzene rings is 1. The Morgan fingerprint density at radius 1 is 1.10 bits per heavy atom. The summed E-state index contributed by atoms with van der Waals surface area (Å²) in [5, 5.41) is 2.97. The van der Waals surface area contributed by atoms with Gasteiger partial charge in [-0.3, -0.25) is 0 Å². The maximum Gasteiger partial charge on any atom is 0.471 e. The van der Waals surface area contributed by atoms with E-state index in [1.165, 1.54) is 0 Å². The molecule has 0 saturated carbocycles. The second kappa shape index (κ2) is 4.78. The van der Waals surface area contributed by atoms with E-state index in [1.807, 2.05) is 0 Å². The summed E-state index contributed by atoms with van der Waals surface area (Å²) in [4.78, 5) is 2.97. The van der Waals surface area contributed by atoms with E-state index in [9.17, 15) is 26.3 Å². The van der Waals surface area contributed by atoms with Crippen molar-refractivity contribution in [3.63, 3.8) is 0 Å². The summed E-state index contributed by atoms with van der Waals surface area (Å²) in [6, 6.07) is -0.432. The summed E-state index contributed by atoms with van der Waals surface area (Å²) in [5.41, 5.74) is 5.12. The Kier molecular flexibility index (Phi) is 3.42. The lowest BCUT2D eigenvalue weighted by atomic mass is 10.1. The molecule has 0 saturated heterocycles. The number of nitrogens with zero attached hydrogens (tertiary/aromatic N) is 2. The molecule has 1 atom stereocenters. The molecule has 20 heavy (non-hydrogen) atoms. The van der Waals surface area contributed by atoms with E-state index in [0.717, 1.165) is 0 Å². The molecule has 0 amide bonds. The van der Waals surface area contributed by atoms with Crippen LogP contribution < -0.4 is 5.73 Å². The zero-order chi connectivity index (χ0) is 15.1. The third kappa shape index (κ3) is 2.59. The van der Waals surface area contributed by atoms with Gasteiger partial charge in [0.2, 0.25) is 0 Å². The van der Waals surface area contributed by atoms with E-state index in [0.29, 0.717) is 12.1 Å². The van der Waals surface area contributed by atoms with Crippen LogP contribution in [0.25, 0.3) is 0 Å². The fraction of sp³-hybridized carbons (Fsp3) is 0.200. The molecule has 4 nitrogen and oxygen atoms in total. The molecule has 0 fully saturated rings. The lowest BCUT2D eigenvalue weighted by Gasteiger charge is -2.08. The van der Waals surface area contributed by atoms with Gasteiger partial charge in [-0.05, 0) is 17.7 Å². The summed E-state index contributed by atoms with van der Waals surface area (Å²) in [5.74, 6) is -7.07. The predicted octanol–water partition coefficient (Wildman–Crippen LogP) is 2.55. The fourth-order valence-corrected chi connectivity index (χ4v) is 1.38. The Hall–Kier alpha value is -2.10. The van der Waals surface area contributed by atoms with Gasteiger partial charge in [0.25, 0.3) is 0 Å². The zero-order valence-corrected chi connectivity index (χ0v) is 9.38. The van der Waals surface area contributed by atoms with Crippen LogP contribution in [0, 0.1) is 17.5 Å². The van der Waals surface area contributed by atoms with Gasteiger partial charge >= 0.3 is 12.1 Å². The van der Waals surface area contributed by atoms with Crippen molar-refractivity contribution in [2.75, 3.05) is 0 Å². The third-order valence-electron chi connectivity index (χ3n) is 2.33. The highest BCUT2D eigenvalue weighted by Crippen LogP contribution is 2.29. The van der Waals surface area contributed by atoms with Crippen LogP contribution in [-0.4, -0.2) is 10.1 Å². The summed E-state index contributed by atoms with van der Waals surface area (Å²) in [7, 11) is 0. The van der Waals surface area contributed by atoms with Crippen molar-refractivity contribution >= 4 is 0 Å². The first-order valence-corrected chi connectivity index (χ1v) is 5.01. The molecule has 1 heterocycles. The van der Waals surface area contributed by atoms with Gasteiger partial charge in [0.1, 0.15) is 0 Å². The van der Waals surface area contributed by atoms with Crippen LogP contribution >= 0.6 is 0 Å². The van der Waals surface area contributed by atoms with Gasteiger partial charge < -0.3 is 10.3 Å². The molecule has 0 aliphatic rings. The Morgan fingerprint density at radius 2 is 1.65 bits per heavy atom. The standard InChI is InChI=1S/C10H5F6N3O/c11-4-1-3(2-5(12)6(4)13)7(17)8-18-9(20-19-8)10(14,15)16/h1-2,7H,17H2. The minimum atomic E-state index is -4.87. The van der Waals surface area contributed by atoms with Crippen molar-refractivity contribution in [1.29, 1.82) is 0 Å². The molecule has 0 aliphatic heterocycles. The third-order valence-corrected chi connectivity index (χ3v) is 2.33. The first-order valence-electron chi connectivity index (χ1n) is 5.01. The number of aromatic nitrogens is 2. The number of alkyl halides is 3. The SMILES string of the molecule is NC(c1cc(F)c(F)c(F)c1)c1noc(C(F)(F)F)n1. The molecule has 0 spiro atoms. The number of hydrogen-bond donors (Lipinski definition) is 1. The lowest BCUT2D eigenvalue weighted by Crippen LogP contribution is -2.15. The molecule has 2 aromatic rings. The second-order valence-corrected chi connectivity index (χ2v) is 3.73. The number of halogens is 6. The zero-order valence-electron chi connectivity index (χ0n) is 9.38. The summed E-state index contributed by atoms with van der Waals surface area (Å²) < 4.78 is 79.4. The maximum atomic E-state index is 13.0. The minimum absolute atomic E-state index is 0.337. The molecule has 10 heteroatoms. The van der Waals surface area contributed by atoms with E-state index in [-0.39, 0.29) is 5.56 Å². The number of nitrogens with two attached hydrogens (primary N) is 1. The molecule has 1 unspecified atom stereocenters.